The van der Waals surface area contributed by atoms with Gasteiger partial charge in [-0.3, -0.25) is 10.1 Å². The van der Waals surface area contributed by atoms with Gasteiger partial charge in [0, 0.05) is 17.5 Å². The van der Waals surface area contributed by atoms with Gasteiger partial charge >= 0.3 is 0 Å². The average Bonchev–Trinajstić information content (AvgIpc) is 3.09. The zero-order chi connectivity index (χ0) is 14.1. The Hall–Kier alpha value is -2.81. The van der Waals surface area contributed by atoms with E-state index in [2.05, 4.69) is 15.1 Å². The van der Waals surface area contributed by atoms with E-state index in [1.54, 1.807) is 10.9 Å². The predicted molar refractivity (Wildman–Crippen MR) is 71.9 cm³/mol. The third kappa shape index (κ3) is 2.10. The van der Waals surface area contributed by atoms with E-state index in [1.807, 2.05) is 0 Å². The summed E-state index contributed by atoms with van der Waals surface area (Å²) in [5.74, 6) is 0.541. The van der Waals surface area contributed by atoms with Crippen molar-refractivity contribution in [2.24, 2.45) is 0 Å². The van der Waals surface area contributed by atoms with E-state index in [0.29, 0.717) is 17.1 Å². The summed E-state index contributed by atoms with van der Waals surface area (Å²) in [5.41, 5.74) is 8.59. The van der Waals surface area contributed by atoms with Crippen molar-refractivity contribution in [1.82, 2.24) is 15.1 Å². The summed E-state index contributed by atoms with van der Waals surface area (Å²) in [6.07, 6.45) is 0. The number of hydrogen-bond donors (Lipinski definition) is 1. The molecule has 3 rings (SSSR count). The number of hydrogen-bond acceptors (Lipinski definition) is 8. The maximum Gasteiger partial charge on any atom is 0.271 e. The summed E-state index contributed by atoms with van der Waals surface area (Å²) in [5, 5.41) is 16.2. The molecule has 0 aliphatic carbocycles. The van der Waals surface area contributed by atoms with Gasteiger partial charge in [0.25, 0.3) is 11.6 Å². The van der Waals surface area contributed by atoms with Crippen LogP contribution in [0, 0.1) is 10.1 Å². The van der Waals surface area contributed by atoms with Crippen molar-refractivity contribution in [1.29, 1.82) is 0 Å². The lowest BCUT2D eigenvalue weighted by molar-refractivity contribution is -0.384. The number of nitrogen functional groups attached to an aromatic ring is 1. The first kappa shape index (κ1) is 12.2. The highest BCUT2D eigenvalue weighted by Crippen LogP contribution is 2.29. The van der Waals surface area contributed by atoms with Gasteiger partial charge in [-0.1, -0.05) is 5.16 Å². The van der Waals surface area contributed by atoms with E-state index in [0.717, 1.165) is 0 Å². The number of nitrogens with zero attached hydrogens (tertiary/aromatic N) is 4. The number of benzene rings is 1. The van der Waals surface area contributed by atoms with Gasteiger partial charge in [-0.15, -0.1) is 11.3 Å². The van der Waals surface area contributed by atoms with Gasteiger partial charge in [-0.05, 0) is 6.07 Å². The van der Waals surface area contributed by atoms with Crippen LogP contribution in [-0.2, 0) is 0 Å². The van der Waals surface area contributed by atoms with Crippen LogP contribution in [0.4, 0.5) is 11.4 Å². The van der Waals surface area contributed by atoms with Crippen molar-refractivity contribution in [2.75, 3.05) is 5.73 Å². The van der Waals surface area contributed by atoms with Gasteiger partial charge in [0.1, 0.15) is 5.69 Å². The summed E-state index contributed by atoms with van der Waals surface area (Å²) >= 11 is 1.42. The normalized spacial score (nSPS) is 10.6. The number of nitro groups is 1. The van der Waals surface area contributed by atoms with Crippen LogP contribution in [0.3, 0.4) is 0 Å². The van der Waals surface area contributed by atoms with Crippen molar-refractivity contribution in [2.45, 2.75) is 0 Å². The fourth-order valence-electron chi connectivity index (χ4n) is 1.62. The Labute approximate surface area is 116 Å². The highest BCUT2D eigenvalue weighted by molar-refractivity contribution is 7.07. The second-order valence-electron chi connectivity index (χ2n) is 3.83. The lowest BCUT2D eigenvalue weighted by atomic mass is 10.1. The molecule has 0 unspecified atom stereocenters. The molecule has 0 saturated carbocycles. The lowest BCUT2D eigenvalue weighted by Crippen LogP contribution is -1.94. The van der Waals surface area contributed by atoms with Crippen molar-refractivity contribution in [3.05, 3.63) is 39.2 Å². The van der Waals surface area contributed by atoms with Crippen molar-refractivity contribution in [3.63, 3.8) is 0 Å². The van der Waals surface area contributed by atoms with Crippen LogP contribution in [0.15, 0.2) is 33.6 Å². The monoisotopic (exact) mass is 289 g/mol. The Morgan fingerprint density at radius 2 is 2.25 bits per heavy atom. The Bertz CT molecular complexity index is 768. The molecule has 8 nitrogen and oxygen atoms in total. The van der Waals surface area contributed by atoms with Gasteiger partial charge in [0.2, 0.25) is 5.82 Å². The molecule has 2 N–H and O–H groups in total. The largest absolute Gasteiger partial charge is 0.398 e. The standard InChI is InChI=1S/C11H7N5O3S/c12-8-3-6(16(17)18)1-2-7(8)11-14-10(15-19-11)9-4-20-5-13-9/h1-5H,12H2. The van der Waals surface area contributed by atoms with E-state index < -0.39 is 4.92 Å². The molecule has 2 heterocycles. The first-order chi connectivity index (χ1) is 9.65. The molecular weight excluding hydrogens is 282 g/mol. The van der Waals surface area contributed by atoms with Gasteiger partial charge in [-0.2, -0.15) is 4.98 Å². The summed E-state index contributed by atoms with van der Waals surface area (Å²) < 4.78 is 5.11. The summed E-state index contributed by atoms with van der Waals surface area (Å²) in [6.45, 7) is 0. The van der Waals surface area contributed by atoms with Gasteiger partial charge < -0.3 is 10.3 Å². The molecule has 20 heavy (non-hydrogen) atoms. The smallest absolute Gasteiger partial charge is 0.271 e. The zero-order valence-electron chi connectivity index (χ0n) is 9.89. The summed E-state index contributed by atoms with van der Waals surface area (Å²) in [6, 6.07) is 4.06. The number of rotatable bonds is 3. The van der Waals surface area contributed by atoms with E-state index >= 15 is 0 Å². The molecule has 0 spiro atoms. The van der Waals surface area contributed by atoms with Gasteiger partial charge in [0.05, 0.1) is 21.7 Å². The third-order valence-corrected chi connectivity index (χ3v) is 3.15. The highest BCUT2D eigenvalue weighted by atomic mass is 32.1. The lowest BCUT2D eigenvalue weighted by Gasteiger charge is -1.99. The zero-order valence-corrected chi connectivity index (χ0v) is 10.7. The SMILES string of the molecule is Nc1cc([N+](=O)[O-])ccc1-c1nc(-c2cscn2)no1. The van der Waals surface area contributed by atoms with Crippen molar-refractivity contribution < 1.29 is 9.45 Å². The molecule has 0 aliphatic heterocycles. The van der Waals surface area contributed by atoms with Crippen LogP contribution in [0.2, 0.25) is 0 Å². The third-order valence-electron chi connectivity index (χ3n) is 2.56. The molecule has 0 aliphatic rings. The molecule has 1 aromatic carbocycles. The topological polar surface area (TPSA) is 121 Å². The van der Waals surface area contributed by atoms with Crippen LogP contribution in [0.1, 0.15) is 0 Å². The van der Waals surface area contributed by atoms with Gasteiger partial charge in [-0.25, -0.2) is 4.98 Å². The summed E-state index contributed by atoms with van der Waals surface area (Å²) in [4.78, 5) is 18.4. The maximum absolute atomic E-state index is 10.7. The molecule has 100 valence electrons. The molecule has 3 aromatic rings. The quantitative estimate of drug-likeness (QED) is 0.446. The first-order valence-electron chi connectivity index (χ1n) is 5.41. The first-order valence-corrected chi connectivity index (χ1v) is 6.36. The molecule has 2 aromatic heterocycles. The Morgan fingerprint density at radius 3 is 2.90 bits per heavy atom. The maximum atomic E-state index is 10.7. The van der Waals surface area contributed by atoms with Crippen LogP contribution in [0.5, 0.6) is 0 Å². The average molecular weight is 289 g/mol. The molecule has 9 heteroatoms. The number of anilines is 1. The van der Waals surface area contributed by atoms with Crippen molar-refractivity contribution >= 4 is 22.7 Å². The van der Waals surface area contributed by atoms with Crippen LogP contribution in [-0.4, -0.2) is 20.0 Å². The second kappa shape index (κ2) is 4.70. The molecule has 0 radical (unpaired) electrons. The van der Waals surface area contributed by atoms with Gasteiger partial charge in [0.15, 0.2) is 0 Å². The molecular formula is C11H7N5O3S. The Morgan fingerprint density at radius 1 is 1.40 bits per heavy atom. The van der Waals surface area contributed by atoms with E-state index in [1.165, 1.54) is 29.5 Å². The number of nitro benzene ring substituents is 1. The Kier molecular flexibility index (Phi) is 2.88. The minimum atomic E-state index is -0.519. The molecule has 0 bridgehead atoms. The molecule has 0 amide bonds. The number of aromatic nitrogens is 3. The fraction of sp³-hybridized carbons (Fsp3) is 0. The van der Waals surface area contributed by atoms with E-state index in [9.17, 15) is 10.1 Å². The molecule has 0 atom stereocenters. The van der Waals surface area contributed by atoms with E-state index in [-0.39, 0.29) is 17.3 Å². The number of non-ortho nitro benzene ring substituents is 1. The Balaban J connectivity index is 1.99. The van der Waals surface area contributed by atoms with Crippen LogP contribution in [0.25, 0.3) is 23.0 Å². The van der Waals surface area contributed by atoms with Crippen LogP contribution < -0.4 is 5.73 Å². The highest BCUT2D eigenvalue weighted by Gasteiger charge is 2.16. The number of thiazole rings is 1. The molecule has 0 fully saturated rings. The fourth-order valence-corrected chi connectivity index (χ4v) is 2.15. The second-order valence-corrected chi connectivity index (χ2v) is 4.54. The van der Waals surface area contributed by atoms with Crippen LogP contribution >= 0.6 is 11.3 Å². The summed E-state index contributed by atoms with van der Waals surface area (Å²) in [7, 11) is 0. The minimum Gasteiger partial charge on any atom is -0.398 e. The molecule has 0 saturated heterocycles. The minimum absolute atomic E-state index is 0.0921. The van der Waals surface area contributed by atoms with Crippen molar-refractivity contribution in [3.8, 4) is 23.0 Å². The van der Waals surface area contributed by atoms with E-state index in [4.69, 9.17) is 10.3 Å². The predicted octanol–water partition coefficient (Wildman–Crippen LogP) is 2.35. The number of nitrogens with two attached hydrogens (primary N) is 1.